The number of Topliss-reactive ketones (excluding diaryl/α,β-unsaturated/α-hetero) is 1. The van der Waals surface area contributed by atoms with Crippen LogP contribution in [0.4, 0.5) is 0 Å². The number of benzene rings is 1. The number of carbonyl (C=O) groups is 3. The summed E-state index contributed by atoms with van der Waals surface area (Å²) in [4.78, 5) is 37.1. The Labute approximate surface area is 200 Å². The number of primary amides is 1. The predicted octanol–water partition coefficient (Wildman–Crippen LogP) is 3.93. The lowest BCUT2D eigenvalue weighted by Gasteiger charge is -2.33. The molecule has 3 rings (SSSR count). The zero-order valence-electron chi connectivity index (χ0n) is 21.2. The summed E-state index contributed by atoms with van der Waals surface area (Å²) < 4.78 is 1.82. The first-order valence-corrected chi connectivity index (χ1v) is 11.6. The highest BCUT2D eigenvalue weighted by Crippen LogP contribution is 2.41. The fourth-order valence-electron chi connectivity index (χ4n) is 5.36. The molecule has 1 aromatic carbocycles. The Morgan fingerprint density at radius 3 is 2.41 bits per heavy atom. The first-order chi connectivity index (χ1) is 15.6. The molecule has 184 valence electrons. The number of nitrogens with one attached hydrogen (secondary N) is 1. The van der Waals surface area contributed by atoms with Crippen molar-refractivity contribution in [2.24, 2.45) is 22.0 Å². The average Bonchev–Trinajstić information content (AvgIpc) is 3.02. The maximum Gasteiger partial charge on any atom is 0.249 e. The van der Waals surface area contributed by atoms with Crippen LogP contribution in [0.5, 0.6) is 0 Å². The van der Waals surface area contributed by atoms with Gasteiger partial charge in [-0.3, -0.25) is 19.6 Å². The summed E-state index contributed by atoms with van der Waals surface area (Å²) in [6, 6.07) is 5.36. The molecule has 2 amide bonds. The maximum atomic E-state index is 13.3. The van der Waals surface area contributed by atoms with E-state index in [-0.39, 0.29) is 16.6 Å². The van der Waals surface area contributed by atoms with Crippen molar-refractivity contribution in [3.05, 3.63) is 46.3 Å². The number of hydrogen-bond acceptors (Lipinski definition) is 5. The van der Waals surface area contributed by atoms with Crippen LogP contribution < -0.4 is 11.2 Å². The van der Waals surface area contributed by atoms with Gasteiger partial charge in [0.05, 0.1) is 22.6 Å². The van der Waals surface area contributed by atoms with Crippen LogP contribution >= 0.6 is 0 Å². The van der Waals surface area contributed by atoms with Crippen molar-refractivity contribution in [2.45, 2.75) is 74.1 Å². The highest BCUT2D eigenvalue weighted by molar-refractivity contribution is 6.00. The van der Waals surface area contributed by atoms with Crippen LogP contribution in [0, 0.1) is 23.2 Å². The van der Waals surface area contributed by atoms with Gasteiger partial charge < -0.3 is 5.73 Å². The zero-order valence-corrected chi connectivity index (χ0v) is 21.2. The van der Waals surface area contributed by atoms with E-state index in [0.717, 1.165) is 16.9 Å². The minimum absolute atomic E-state index is 0.0705. The third-order valence-electron chi connectivity index (χ3n) is 6.62. The van der Waals surface area contributed by atoms with Crippen LogP contribution in [-0.2, 0) is 17.6 Å². The molecule has 4 N–H and O–H groups in total. The molecule has 0 fully saturated rings. The number of aromatic nitrogens is 2. The number of fused-ring (bicyclic) bond motifs is 1. The van der Waals surface area contributed by atoms with Gasteiger partial charge in [-0.15, -0.1) is 0 Å². The maximum absolute atomic E-state index is 13.3. The second kappa shape index (κ2) is 8.65. The molecule has 1 aromatic heterocycles. The van der Waals surface area contributed by atoms with E-state index in [0.29, 0.717) is 42.5 Å². The van der Waals surface area contributed by atoms with Crippen molar-refractivity contribution < 1.29 is 19.6 Å². The molecule has 8 nitrogen and oxygen atoms in total. The van der Waals surface area contributed by atoms with E-state index in [1.165, 1.54) is 0 Å². The van der Waals surface area contributed by atoms with Gasteiger partial charge in [-0.25, -0.2) is 10.2 Å². The van der Waals surface area contributed by atoms with Gasteiger partial charge in [-0.2, -0.15) is 5.10 Å². The van der Waals surface area contributed by atoms with Crippen molar-refractivity contribution in [3.8, 4) is 5.69 Å². The Bertz CT molecular complexity index is 1160. The topological polar surface area (TPSA) is 127 Å². The van der Waals surface area contributed by atoms with Crippen molar-refractivity contribution in [2.75, 3.05) is 0 Å². The zero-order chi connectivity index (χ0) is 25.6. The molecule has 1 aliphatic carbocycles. The van der Waals surface area contributed by atoms with Gasteiger partial charge in [0.15, 0.2) is 5.78 Å². The fourth-order valence-corrected chi connectivity index (χ4v) is 5.36. The summed E-state index contributed by atoms with van der Waals surface area (Å²) in [5, 5.41) is 14.0. The van der Waals surface area contributed by atoms with E-state index in [1.54, 1.807) is 31.5 Å². The van der Waals surface area contributed by atoms with Crippen LogP contribution in [-0.4, -0.2) is 32.6 Å². The Kier molecular flexibility index (Phi) is 6.52. The largest absolute Gasteiger partial charge is 0.366 e. The highest BCUT2D eigenvalue weighted by Gasteiger charge is 2.40. The third kappa shape index (κ3) is 5.06. The van der Waals surface area contributed by atoms with Crippen LogP contribution in [0.25, 0.3) is 5.69 Å². The first kappa shape index (κ1) is 25.6. The molecule has 34 heavy (non-hydrogen) atoms. The predicted molar refractivity (Wildman–Crippen MR) is 129 cm³/mol. The van der Waals surface area contributed by atoms with E-state index in [1.807, 2.05) is 31.5 Å². The van der Waals surface area contributed by atoms with Gasteiger partial charge in [-0.1, -0.05) is 41.5 Å². The first-order valence-electron chi connectivity index (χ1n) is 11.6. The van der Waals surface area contributed by atoms with E-state index in [2.05, 4.69) is 13.8 Å². The Hall–Kier alpha value is -3.00. The van der Waals surface area contributed by atoms with Crippen LogP contribution in [0.2, 0.25) is 0 Å². The fraction of sp³-hybridized carbons (Fsp3) is 0.538. The van der Waals surface area contributed by atoms with Gasteiger partial charge in [0.2, 0.25) is 11.8 Å². The van der Waals surface area contributed by atoms with Crippen molar-refractivity contribution in [3.63, 3.8) is 0 Å². The lowest BCUT2D eigenvalue weighted by molar-refractivity contribution is -0.139. The van der Waals surface area contributed by atoms with Crippen molar-refractivity contribution >= 4 is 17.6 Å². The van der Waals surface area contributed by atoms with E-state index < -0.39 is 17.2 Å². The van der Waals surface area contributed by atoms with Crippen LogP contribution in [0.3, 0.4) is 0 Å². The van der Waals surface area contributed by atoms with Gasteiger partial charge >= 0.3 is 0 Å². The van der Waals surface area contributed by atoms with Gasteiger partial charge in [0, 0.05) is 17.4 Å². The van der Waals surface area contributed by atoms with Gasteiger partial charge in [0.1, 0.15) is 0 Å². The minimum Gasteiger partial charge on any atom is -0.366 e. The summed E-state index contributed by atoms with van der Waals surface area (Å²) in [5.74, 6) is -0.864. The lowest BCUT2D eigenvalue weighted by atomic mass is 9.70. The SMILES string of the molecule is Cc1cc(-n2nc(CC(C)(C)CC(C)(C)C(=O)NO)c3c2CC(C)(C)CC3=O)ccc1C(N)=O. The number of carbonyl (C=O) groups excluding carboxylic acids is 3. The number of hydrogen-bond donors (Lipinski definition) is 3. The summed E-state index contributed by atoms with van der Waals surface area (Å²) >= 11 is 0. The number of ketones is 1. The molecule has 1 aliphatic rings. The molecule has 0 aliphatic heterocycles. The molecule has 0 bridgehead atoms. The summed E-state index contributed by atoms with van der Waals surface area (Å²) in [5.41, 5.74) is 10.1. The number of aryl methyl sites for hydroxylation is 1. The van der Waals surface area contributed by atoms with Gasteiger partial charge in [-0.05, 0) is 60.8 Å². The van der Waals surface area contributed by atoms with Crippen molar-refractivity contribution in [1.29, 1.82) is 0 Å². The molecular formula is C26H36N4O4. The molecular weight excluding hydrogens is 432 g/mol. The van der Waals surface area contributed by atoms with E-state index in [9.17, 15) is 14.4 Å². The third-order valence-corrected chi connectivity index (χ3v) is 6.62. The van der Waals surface area contributed by atoms with E-state index >= 15 is 0 Å². The van der Waals surface area contributed by atoms with Crippen LogP contribution in [0.1, 0.15) is 92.1 Å². The number of nitrogens with zero attached hydrogens (tertiary/aromatic N) is 2. The molecule has 2 aromatic rings. The monoisotopic (exact) mass is 468 g/mol. The molecule has 0 unspecified atom stereocenters. The van der Waals surface area contributed by atoms with Crippen molar-refractivity contribution in [1.82, 2.24) is 15.3 Å². The number of nitrogens with two attached hydrogens (primary N) is 1. The minimum atomic E-state index is -0.797. The van der Waals surface area contributed by atoms with Gasteiger partial charge in [0.25, 0.3) is 0 Å². The molecule has 0 atom stereocenters. The Morgan fingerprint density at radius 2 is 1.85 bits per heavy atom. The molecule has 0 radical (unpaired) electrons. The second-order valence-corrected chi connectivity index (χ2v) is 11.8. The average molecular weight is 469 g/mol. The summed E-state index contributed by atoms with van der Waals surface area (Å²) in [6.45, 7) is 13.6. The Balaban J connectivity index is 2.09. The summed E-state index contributed by atoms with van der Waals surface area (Å²) in [7, 11) is 0. The standard InChI is InChI=1S/C26H36N4O4/c1-15-10-16(8-9-17(15)22(27)32)30-19-12-24(2,3)13-20(31)21(19)18(28-30)11-25(4,5)14-26(6,7)23(33)29-34/h8-10,34H,11-14H2,1-7H3,(H2,27,32)(H,29,33). The number of hydroxylamine groups is 1. The molecule has 0 spiro atoms. The smallest absolute Gasteiger partial charge is 0.249 e. The normalized spacial score (nSPS) is 15.7. The molecule has 1 heterocycles. The molecule has 0 saturated heterocycles. The number of amides is 2. The lowest BCUT2D eigenvalue weighted by Crippen LogP contribution is -2.39. The second-order valence-electron chi connectivity index (χ2n) is 11.8. The summed E-state index contributed by atoms with van der Waals surface area (Å²) in [6.07, 6.45) is 2.11. The quantitative estimate of drug-likeness (QED) is 0.419. The van der Waals surface area contributed by atoms with E-state index in [4.69, 9.17) is 16.0 Å². The highest BCUT2D eigenvalue weighted by atomic mass is 16.5. The molecule has 0 saturated carbocycles. The molecule has 8 heteroatoms. The number of rotatable bonds is 7. The van der Waals surface area contributed by atoms with Crippen LogP contribution in [0.15, 0.2) is 18.2 Å². The Morgan fingerprint density at radius 1 is 1.21 bits per heavy atom.